The predicted molar refractivity (Wildman–Crippen MR) is 100 cm³/mol. The summed E-state index contributed by atoms with van der Waals surface area (Å²) in [5.74, 6) is 2.50. The largest absolute Gasteiger partial charge is 0.492 e. The summed E-state index contributed by atoms with van der Waals surface area (Å²) in [5.41, 5.74) is 3.38. The van der Waals surface area contributed by atoms with Crippen LogP contribution in [0.1, 0.15) is 29.5 Å². The lowest BCUT2D eigenvalue weighted by Crippen LogP contribution is -2.40. The molecular formula is C19H28N4O2. The molecule has 0 spiro atoms. The highest BCUT2D eigenvalue weighted by molar-refractivity contribution is 5.79. The molecule has 1 N–H and O–H groups in total. The summed E-state index contributed by atoms with van der Waals surface area (Å²) < 4.78 is 11.1. The monoisotopic (exact) mass is 344 g/mol. The van der Waals surface area contributed by atoms with Crippen molar-refractivity contribution >= 4 is 5.96 Å². The van der Waals surface area contributed by atoms with Crippen molar-refractivity contribution in [3.05, 3.63) is 46.8 Å². The zero-order valence-electron chi connectivity index (χ0n) is 15.8. The highest BCUT2D eigenvalue weighted by Crippen LogP contribution is 2.16. The predicted octanol–water partition coefficient (Wildman–Crippen LogP) is 2.94. The summed E-state index contributed by atoms with van der Waals surface area (Å²) in [5, 5.41) is 7.27. The van der Waals surface area contributed by atoms with Crippen LogP contribution in [0.2, 0.25) is 0 Å². The Morgan fingerprint density at radius 3 is 2.56 bits per heavy atom. The molecule has 0 amide bonds. The van der Waals surface area contributed by atoms with Crippen LogP contribution in [0.15, 0.2) is 33.8 Å². The van der Waals surface area contributed by atoms with E-state index < -0.39 is 0 Å². The van der Waals surface area contributed by atoms with Crippen LogP contribution >= 0.6 is 0 Å². The fraction of sp³-hybridized carbons (Fsp3) is 0.474. The first-order valence-corrected chi connectivity index (χ1v) is 8.59. The van der Waals surface area contributed by atoms with E-state index in [0.717, 1.165) is 36.1 Å². The quantitative estimate of drug-likeness (QED) is 0.618. The van der Waals surface area contributed by atoms with Crippen molar-refractivity contribution in [1.82, 2.24) is 15.4 Å². The average molecular weight is 344 g/mol. The number of rotatable bonds is 7. The summed E-state index contributed by atoms with van der Waals surface area (Å²) in [4.78, 5) is 6.33. The standard InChI is InChI=1S/C19H28N4O2/c1-6-16-12-18(25-22-16)13-21-19(20-4)23(5)7-8-24-17-10-14(2)9-15(3)11-17/h9-12H,6-8,13H2,1-5H3,(H,20,21). The van der Waals surface area contributed by atoms with Gasteiger partial charge in [-0.2, -0.15) is 0 Å². The highest BCUT2D eigenvalue weighted by Gasteiger charge is 2.08. The highest BCUT2D eigenvalue weighted by atomic mass is 16.5. The van der Waals surface area contributed by atoms with Gasteiger partial charge in [-0.15, -0.1) is 0 Å². The maximum absolute atomic E-state index is 5.86. The van der Waals surface area contributed by atoms with Crippen LogP contribution in [0, 0.1) is 13.8 Å². The minimum atomic E-state index is 0.557. The molecule has 6 nitrogen and oxygen atoms in total. The molecule has 0 atom stereocenters. The number of hydrogen-bond donors (Lipinski definition) is 1. The zero-order valence-corrected chi connectivity index (χ0v) is 15.8. The third-order valence-electron chi connectivity index (χ3n) is 3.85. The summed E-state index contributed by atoms with van der Waals surface area (Å²) in [7, 11) is 3.75. The molecule has 0 aliphatic rings. The minimum absolute atomic E-state index is 0.557. The van der Waals surface area contributed by atoms with Crippen molar-refractivity contribution in [2.45, 2.75) is 33.7 Å². The lowest BCUT2D eigenvalue weighted by Gasteiger charge is -2.21. The Hall–Kier alpha value is -2.50. The van der Waals surface area contributed by atoms with Gasteiger partial charge in [0.05, 0.1) is 18.8 Å². The number of hydrogen-bond acceptors (Lipinski definition) is 4. The van der Waals surface area contributed by atoms with Gasteiger partial charge in [0, 0.05) is 20.2 Å². The van der Waals surface area contributed by atoms with E-state index in [1.807, 2.05) is 18.0 Å². The Kier molecular flexibility index (Phi) is 6.86. The number of aromatic nitrogens is 1. The van der Waals surface area contributed by atoms with Crippen LogP contribution in [0.4, 0.5) is 0 Å². The third-order valence-corrected chi connectivity index (χ3v) is 3.85. The first-order chi connectivity index (χ1) is 12.0. The van der Waals surface area contributed by atoms with Crippen molar-refractivity contribution in [3.8, 4) is 5.75 Å². The maximum Gasteiger partial charge on any atom is 0.193 e. The molecule has 0 saturated heterocycles. The van der Waals surface area contributed by atoms with E-state index in [2.05, 4.69) is 54.4 Å². The molecule has 6 heteroatoms. The van der Waals surface area contributed by atoms with Gasteiger partial charge in [0.15, 0.2) is 11.7 Å². The van der Waals surface area contributed by atoms with Gasteiger partial charge in [-0.25, -0.2) is 0 Å². The first-order valence-electron chi connectivity index (χ1n) is 8.59. The summed E-state index contributed by atoms with van der Waals surface area (Å²) in [6.45, 7) is 8.07. The molecule has 0 bridgehead atoms. The van der Waals surface area contributed by atoms with Crippen LogP contribution in [-0.2, 0) is 13.0 Å². The topological polar surface area (TPSA) is 62.9 Å². The molecule has 2 aromatic rings. The Balaban J connectivity index is 1.80. The van der Waals surface area contributed by atoms with E-state index in [-0.39, 0.29) is 0 Å². The van der Waals surface area contributed by atoms with Gasteiger partial charge in [-0.05, 0) is 43.5 Å². The van der Waals surface area contributed by atoms with E-state index in [1.165, 1.54) is 11.1 Å². The van der Waals surface area contributed by atoms with E-state index in [0.29, 0.717) is 13.2 Å². The summed E-state index contributed by atoms with van der Waals surface area (Å²) >= 11 is 0. The molecule has 25 heavy (non-hydrogen) atoms. The Morgan fingerprint density at radius 1 is 1.24 bits per heavy atom. The molecule has 136 valence electrons. The normalized spacial score (nSPS) is 11.5. The number of nitrogens with zero attached hydrogens (tertiary/aromatic N) is 3. The van der Waals surface area contributed by atoms with Gasteiger partial charge < -0.3 is 19.5 Å². The van der Waals surface area contributed by atoms with Gasteiger partial charge in [0.25, 0.3) is 0 Å². The van der Waals surface area contributed by atoms with E-state index in [4.69, 9.17) is 9.26 Å². The number of likely N-dealkylation sites (N-methyl/N-ethyl adjacent to an activating group) is 1. The van der Waals surface area contributed by atoms with E-state index >= 15 is 0 Å². The number of nitrogens with one attached hydrogen (secondary N) is 1. The Labute approximate surface area is 149 Å². The molecule has 2 rings (SSSR count). The summed E-state index contributed by atoms with van der Waals surface area (Å²) in [6.07, 6.45) is 0.869. The van der Waals surface area contributed by atoms with Crippen LogP contribution in [-0.4, -0.2) is 43.3 Å². The van der Waals surface area contributed by atoms with E-state index in [9.17, 15) is 0 Å². The number of aliphatic imine (C=N–C) groups is 1. The molecule has 0 aliphatic heterocycles. The van der Waals surface area contributed by atoms with Gasteiger partial charge >= 0.3 is 0 Å². The SMILES string of the molecule is CCc1cc(CNC(=NC)N(C)CCOc2cc(C)cc(C)c2)on1. The number of benzene rings is 1. The van der Waals surface area contributed by atoms with Crippen molar-refractivity contribution in [3.63, 3.8) is 0 Å². The molecule has 0 fully saturated rings. The number of aryl methyl sites for hydroxylation is 3. The second kappa shape index (κ2) is 9.11. The van der Waals surface area contributed by atoms with Gasteiger partial charge in [-0.3, -0.25) is 4.99 Å². The molecule has 0 unspecified atom stereocenters. The van der Waals surface area contributed by atoms with Crippen molar-refractivity contribution in [1.29, 1.82) is 0 Å². The second-order valence-corrected chi connectivity index (χ2v) is 6.13. The van der Waals surface area contributed by atoms with Crippen LogP contribution in [0.25, 0.3) is 0 Å². The third kappa shape index (κ3) is 5.81. The van der Waals surface area contributed by atoms with Crippen molar-refractivity contribution < 1.29 is 9.26 Å². The van der Waals surface area contributed by atoms with Gasteiger partial charge in [0.1, 0.15) is 12.4 Å². The Bertz CT molecular complexity index is 689. The maximum atomic E-state index is 5.86. The molecule has 0 radical (unpaired) electrons. The van der Waals surface area contributed by atoms with Gasteiger partial charge in [-0.1, -0.05) is 18.1 Å². The van der Waals surface area contributed by atoms with Crippen LogP contribution in [0.3, 0.4) is 0 Å². The van der Waals surface area contributed by atoms with Gasteiger partial charge in [0.2, 0.25) is 0 Å². The lowest BCUT2D eigenvalue weighted by atomic mass is 10.1. The zero-order chi connectivity index (χ0) is 18.2. The molecule has 1 heterocycles. The molecule has 1 aromatic carbocycles. The smallest absolute Gasteiger partial charge is 0.193 e. The number of ether oxygens (including phenoxy) is 1. The Morgan fingerprint density at radius 2 is 1.96 bits per heavy atom. The molecule has 0 saturated carbocycles. The molecule has 1 aromatic heterocycles. The van der Waals surface area contributed by atoms with Crippen LogP contribution < -0.4 is 10.1 Å². The van der Waals surface area contributed by atoms with Crippen molar-refractivity contribution in [2.24, 2.45) is 4.99 Å². The average Bonchev–Trinajstić information content (AvgIpc) is 3.02. The first kappa shape index (κ1) is 18.8. The van der Waals surface area contributed by atoms with E-state index in [1.54, 1.807) is 7.05 Å². The number of guanidine groups is 1. The minimum Gasteiger partial charge on any atom is -0.492 e. The second-order valence-electron chi connectivity index (χ2n) is 6.13. The fourth-order valence-electron chi connectivity index (χ4n) is 2.58. The summed E-state index contributed by atoms with van der Waals surface area (Å²) in [6, 6.07) is 8.20. The molecule has 0 aliphatic carbocycles. The van der Waals surface area contributed by atoms with Crippen LogP contribution in [0.5, 0.6) is 5.75 Å². The molecular weight excluding hydrogens is 316 g/mol. The van der Waals surface area contributed by atoms with Crippen molar-refractivity contribution in [2.75, 3.05) is 27.2 Å². The lowest BCUT2D eigenvalue weighted by molar-refractivity contribution is 0.280. The fourth-order valence-corrected chi connectivity index (χ4v) is 2.58.